The number of aromatic nitrogens is 1. The third kappa shape index (κ3) is 4.76. The molecule has 1 fully saturated rings. The van der Waals surface area contributed by atoms with Crippen molar-refractivity contribution in [2.45, 2.75) is 20.3 Å². The van der Waals surface area contributed by atoms with Gasteiger partial charge >= 0.3 is 0 Å². The second-order valence-electron chi connectivity index (χ2n) is 6.65. The zero-order chi connectivity index (χ0) is 20.1. The molecule has 2 aromatic rings. The van der Waals surface area contributed by atoms with Crippen LogP contribution in [0.4, 0.5) is 5.69 Å². The Hall–Kier alpha value is -2.71. The summed E-state index contributed by atoms with van der Waals surface area (Å²) in [6.07, 6.45) is 3.31. The fraction of sp³-hybridized carbons (Fsp3) is 0.350. The Balaban J connectivity index is 1.62. The van der Waals surface area contributed by atoms with E-state index in [1.165, 1.54) is 6.08 Å². The number of carbonyl (C=O) groups is 2. The van der Waals surface area contributed by atoms with Crippen LogP contribution in [0, 0.1) is 13.8 Å². The summed E-state index contributed by atoms with van der Waals surface area (Å²) in [7, 11) is 0. The van der Waals surface area contributed by atoms with E-state index >= 15 is 0 Å². The molecule has 3 rings (SSSR count). The number of nitrogens with one attached hydrogen (secondary N) is 1. The highest BCUT2D eigenvalue weighted by Crippen LogP contribution is 2.24. The predicted octanol–water partition coefficient (Wildman–Crippen LogP) is 2.17. The van der Waals surface area contributed by atoms with Gasteiger partial charge in [0.1, 0.15) is 0 Å². The fourth-order valence-corrected chi connectivity index (χ4v) is 4.14. The van der Waals surface area contributed by atoms with Crippen molar-refractivity contribution in [3.8, 4) is 0 Å². The van der Waals surface area contributed by atoms with Gasteiger partial charge in [0.15, 0.2) is 0 Å². The summed E-state index contributed by atoms with van der Waals surface area (Å²) in [5.41, 5.74) is 4.36. The van der Waals surface area contributed by atoms with Crippen LogP contribution in [0.2, 0.25) is 0 Å². The highest BCUT2D eigenvalue weighted by Gasteiger charge is 2.23. The Bertz CT molecular complexity index is 885. The average molecular weight is 401 g/mol. The smallest absolute Gasteiger partial charge is 0.267 e. The minimum Gasteiger partial charge on any atom is -0.367 e. The van der Waals surface area contributed by atoms with Gasteiger partial charge in [0.25, 0.3) is 5.91 Å². The van der Waals surface area contributed by atoms with Crippen molar-refractivity contribution in [1.82, 2.24) is 15.4 Å². The molecule has 2 heterocycles. The summed E-state index contributed by atoms with van der Waals surface area (Å²) in [6.45, 7) is 6.70. The van der Waals surface area contributed by atoms with Crippen LogP contribution in [-0.4, -0.2) is 53.1 Å². The van der Waals surface area contributed by atoms with E-state index in [0.717, 1.165) is 39.9 Å². The van der Waals surface area contributed by atoms with E-state index in [1.807, 2.05) is 43.0 Å². The number of para-hydroxylation sites is 1. The lowest BCUT2D eigenvalue weighted by Gasteiger charge is -2.36. The molecule has 1 aliphatic heterocycles. The zero-order valence-electron chi connectivity index (χ0n) is 16.0. The summed E-state index contributed by atoms with van der Waals surface area (Å²) in [4.78, 5) is 33.6. The Morgan fingerprint density at radius 3 is 2.57 bits per heavy atom. The van der Waals surface area contributed by atoms with E-state index in [-0.39, 0.29) is 5.91 Å². The van der Waals surface area contributed by atoms with Gasteiger partial charge in [0, 0.05) is 42.8 Å². The van der Waals surface area contributed by atoms with E-state index in [9.17, 15) is 9.59 Å². The van der Waals surface area contributed by atoms with Crippen LogP contribution >= 0.6 is 11.3 Å². The van der Waals surface area contributed by atoms with Gasteiger partial charge in [-0.1, -0.05) is 18.2 Å². The molecule has 1 aliphatic rings. The number of benzene rings is 1. The SMILES string of the molecule is Cc1nc(CC(=O)N2CCN(c3ccccc3/C=C/C(=O)NO)CC2)c(C)s1. The highest BCUT2D eigenvalue weighted by atomic mass is 32.1. The molecule has 1 aromatic heterocycles. The zero-order valence-corrected chi connectivity index (χ0v) is 16.8. The molecular weight excluding hydrogens is 376 g/mol. The van der Waals surface area contributed by atoms with E-state index in [4.69, 9.17) is 5.21 Å². The fourth-order valence-electron chi connectivity index (χ4n) is 3.31. The molecule has 0 radical (unpaired) electrons. The number of piperazine rings is 1. The molecule has 0 unspecified atom stereocenters. The van der Waals surface area contributed by atoms with Crippen LogP contribution in [-0.2, 0) is 16.0 Å². The molecule has 0 saturated carbocycles. The molecular formula is C20H24N4O3S. The number of amides is 2. The second kappa shape index (κ2) is 8.99. The Morgan fingerprint density at radius 2 is 1.93 bits per heavy atom. The second-order valence-corrected chi connectivity index (χ2v) is 8.06. The van der Waals surface area contributed by atoms with Gasteiger partial charge in [-0.15, -0.1) is 11.3 Å². The number of hydrogen-bond acceptors (Lipinski definition) is 6. The number of carbonyl (C=O) groups excluding carboxylic acids is 2. The van der Waals surface area contributed by atoms with Crippen molar-refractivity contribution in [2.24, 2.45) is 0 Å². The maximum atomic E-state index is 12.6. The van der Waals surface area contributed by atoms with Crippen LogP contribution in [0.1, 0.15) is 21.1 Å². The molecule has 28 heavy (non-hydrogen) atoms. The normalized spacial score (nSPS) is 14.5. The third-order valence-corrected chi connectivity index (χ3v) is 5.68. The molecule has 1 saturated heterocycles. The first-order chi connectivity index (χ1) is 13.5. The van der Waals surface area contributed by atoms with E-state index in [0.29, 0.717) is 19.5 Å². The van der Waals surface area contributed by atoms with Crippen molar-refractivity contribution in [1.29, 1.82) is 0 Å². The molecule has 0 spiro atoms. The van der Waals surface area contributed by atoms with Gasteiger partial charge in [0.2, 0.25) is 5.91 Å². The summed E-state index contributed by atoms with van der Waals surface area (Å²) < 4.78 is 0. The predicted molar refractivity (Wildman–Crippen MR) is 109 cm³/mol. The van der Waals surface area contributed by atoms with E-state index < -0.39 is 5.91 Å². The standard InChI is InChI=1S/C20H24N4O3S/c1-14-17(21-15(2)28-14)13-20(26)24-11-9-23(10-12-24)18-6-4-3-5-16(18)7-8-19(25)22-27/h3-8,27H,9-13H2,1-2H3,(H,22,25)/b8-7+. The Morgan fingerprint density at radius 1 is 1.21 bits per heavy atom. The summed E-state index contributed by atoms with van der Waals surface area (Å²) in [5.74, 6) is -0.460. The third-order valence-electron chi connectivity index (χ3n) is 4.75. The first kappa shape index (κ1) is 20.0. The lowest BCUT2D eigenvalue weighted by molar-refractivity contribution is -0.130. The summed E-state index contributed by atoms with van der Waals surface area (Å²) >= 11 is 1.62. The average Bonchev–Trinajstić information content (AvgIpc) is 3.03. The number of anilines is 1. The maximum Gasteiger partial charge on any atom is 0.267 e. The molecule has 0 bridgehead atoms. The number of aryl methyl sites for hydroxylation is 2. The Kier molecular flexibility index (Phi) is 6.43. The Labute approximate surface area is 168 Å². The van der Waals surface area contributed by atoms with Crippen molar-refractivity contribution >= 4 is 34.9 Å². The lowest BCUT2D eigenvalue weighted by Crippen LogP contribution is -2.49. The van der Waals surface area contributed by atoms with E-state index in [2.05, 4.69) is 9.88 Å². The molecule has 2 N–H and O–H groups in total. The monoisotopic (exact) mass is 400 g/mol. The minimum atomic E-state index is -0.571. The molecule has 0 aliphatic carbocycles. The molecule has 148 valence electrons. The van der Waals surface area contributed by atoms with Gasteiger partial charge in [-0.25, -0.2) is 10.5 Å². The summed E-state index contributed by atoms with van der Waals surface area (Å²) in [6, 6.07) is 7.76. The largest absolute Gasteiger partial charge is 0.367 e. The topological polar surface area (TPSA) is 85.8 Å². The van der Waals surface area contributed by atoms with Crippen molar-refractivity contribution in [3.05, 3.63) is 51.5 Å². The van der Waals surface area contributed by atoms with Gasteiger partial charge in [-0.3, -0.25) is 14.8 Å². The number of nitrogens with zero attached hydrogens (tertiary/aromatic N) is 3. The molecule has 0 atom stereocenters. The van der Waals surface area contributed by atoms with Gasteiger partial charge in [-0.2, -0.15) is 0 Å². The molecule has 1 aromatic carbocycles. The lowest BCUT2D eigenvalue weighted by atomic mass is 10.1. The van der Waals surface area contributed by atoms with Crippen LogP contribution in [0.5, 0.6) is 0 Å². The minimum absolute atomic E-state index is 0.112. The maximum absolute atomic E-state index is 12.6. The number of hydroxylamine groups is 1. The van der Waals surface area contributed by atoms with Gasteiger partial charge < -0.3 is 9.80 Å². The highest BCUT2D eigenvalue weighted by molar-refractivity contribution is 7.11. The molecule has 2 amide bonds. The van der Waals surface area contributed by atoms with Crippen molar-refractivity contribution in [2.75, 3.05) is 31.1 Å². The van der Waals surface area contributed by atoms with Crippen molar-refractivity contribution < 1.29 is 14.8 Å². The summed E-state index contributed by atoms with van der Waals surface area (Å²) in [5, 5.41) is 9.62. The number of rotatable bonds is 5. The first-order valence-corrected chi connectivity index (χ1v) is 9.96. The number of thiazole rings is 1. The molecule has 8 heteroatoms. The first-order valence-electron chi connectivity index (χ1n) is 9.14. The number of hydrogen-bond donors (Lipinski definition) is 2. The van der Waals surface area contributed by atoms with Crippen LogP contribution in [0.25, 0.3) is 6.08 Å². The van der Waals surface area contributed by atoms with Gasteiger partial charge in [0.05, 0.1) is 17.1 Å². The van der Waals surface area contributed by atoms with Crippen LogP contribution < -0.4 is 10.4 Å². The van der Waals surface area contributed by atoms with Crippen LogP contribution in [0.3, 0.4) is 0 Å². The van der Waals surface area contributed by atoms with Gasteiger partial charge in [-0.05, 0) is 31.6 Å². The quantitative estimate of drug-likeness (QED) is 0.456. The van der Waals surface area contributed by atoms with Crippen LogP contribution in [0.15, 0.2) is 30.3 Å². The molecule has 7 nitrogen and oxygen atoms in total. The van der Waals surface area contributed by atoms with Crippen molar-refractivity contribution in [3.63, 3.8) is 0 Å². The van der Waals surface area contributed by atoms with E-state index in [1.54, 1.807) is 22.9 Å².